The molecule has 128 valence electrons. The predicted molar refractivity (Wildman–Crippen MR) is 97.2 cm³/mol. The third kappa shape index (κ3) is 3.75. The summed E-state index contributed by atoms with van der Waals surface area (Å²) in [6.07, 6.45) is 3.59. The number of thioether (sulfide) groups is 1. The molecule has 0 saturated heterocycles. The lowest BCUT2D eigenvalue weighted by Crippen LogP contribution is -2.23. The molecule has 0 fully saturated rings. The van der Waals surface area contributed by atoms with Crippen molar-refractivity contribution in [1.82, 2.24) is 9.38 Å². The van der Waals surface area contributed by atoms with E-state index >= 15 is 0 Å². The molecule has 1 unspecified atom stereocenters. The number of hydrogen-bond acceptors (Lipinski definition) is 5. The molecule has 0 radical (unpaired) electrons. The second kappa shape index (κ2) is 7.12. The fourth-order valence-corrected chi connectivity index (χ4v) is 3.22. The van der Waals surface area contributed by atoms with Gasteiger partial charge in [-0.3, -0.25) is 19.3 Å². The third-order valence-electron chi connectivity index (χ3n) is 3.47. The molecule has 0 bridgehead atoms. The van der Waals surface area contributed by atoms with Crippen LogP contribution in [-0.4, -0.2) is 25.5 Å². The highest BCUT2D eigenvalue weighted by Crippen LogP contribution is 2.29. The number of anilines is 1. The van der Waals surface area contributed by atoms with Crippen molar-refractivity contribution in [1.29, 1.82) is 0 Å². The molecule has 2 aromatic heterocycles. The molecular weight excluding hydrogens is 364 g/mol. The van der Waals surface area contributed by atoms with Crippen LogP contribution in [-0.2, 0) is 4.79 Å². The van der Waals surface area contributed by atoms with E-state index < -0.39 is 10.2 Å². The van der Waals surface area contributed by atoms with E-state index in [9.17, 15) is 14.9 Å². The fraction of sp³-hybridized carbons (Fsp3) is 0.125. The van der Waals surface area contributed by atoms with Crippen LogP contribution in [0.2, 0.25) is 5.02 Å². The van der Waals surface area contributed by atoms with E-state index in [2.05, 4.69) is 10.3 Å². The summed E-state index contributed by atoms with van der Waals surface area (Å²) in [5, 5.41) is 13.9. The average molecular weight is 377 g/mol. The van der Waals surface area contributed by atoms with Gasteiger partial charge in [0.1, 0.15) is 0 Å². The number of halogens is 1. The van der Waals surface area contributed by atoms with Gasteiger partial charge in [0.2, 0.25) is 5.91 Å². The van der Waals surface area contributed by atoms with Gasteiger partial charge in [-0.25, -0.2) is 4.98 Å². The highest BCUT2D eigenvalue weighted by molar-refractivity contribution is 8.00. The monoisotopic (exact) mass is 376 g/mol. The standard InChI is InChI=1S/C16H13ClN4O3S/c1-10(25-16-18-9-12-4-2-3-7-20(12)16)15(22)19-14-8-11(21(23)24)5-6-13(14)17/h2-10H,1H3,(H,19,22). The Labute approximate surface area is 152 Å². The molecule has 2 heterocycles. The molecule has 1 amide bonds. The molecule has 0 aliphatic rings. The number of nitro benzene ring substituents is 1. The van der Waals surface area contributed by atoms with Crippen LogP contribution >= 0.6 is 23.4 Å². The van der Waals surface area contributed by atoms with E-state index in [0.717, 1.165) is 5.52 Å². The van der Waals surface area contributed by atoms with Gasteiger partial charge in [0.25, 0.3) is 5.69 Å². The largest absolute Gasteiger partial charge is 0.324 e. The molecule has 0 aliphatic heterocycles. The molecule has 0 aliphatic carbocycles. The van der Waals surface area contributed by atoms with E-state index in [1.807, 2.05) is 28.8 Å². The summed E-state index contributed by atoms with van der Waals surface area (Å²) in [7, 11) is 0. The number of fused-ring (bicyclic) bond motifs is 1. The lowest BCUT2D eigenvalue weighted by molar-refractivity contribution is -0.384. The van der Waals surface area contributed by atoms with Crippen LogP contribution in [0.4, 0.5) is 11.4 Å². The normalized spacial score (nSPS) is 12.1. The summed E-state index contributed by atoms with van der Waals surface area (Å²) < 4.78 is 1.88. The van der Waals surface area contributed by atoms with Gasteiger partial charge < -0.3 is 5.32 Å². The quantitative estimate of drug-likeness (QED) is 0.412. The molecule has 7 nitrogen and oxygen atoms in total. The summed E-state index contributed by atoms with van der Waals surface area (Å²) in [6.45, 7) is 1.73. The lowest BCUT2D eigenvalue weighted by atomic mass is 10.2. The number of amides is 1. The van der Waals surface area contributed by atoms with Crippen molar-refractivity contribution in [3.8, 4) is 0 Å². The van der Waals surface area contributed by atoms with Crippen LogP contribution in [0, 0.1) is 10.1 Å². The van der Waals surface area contributed by atoms with E-state index in [1.165, 1.54) is 30.0 Å². The number of nitrogens with one attached hydrogen (secondary N) is 1. The minimum Gasteiger partial charge on any atom is -0.324 e. The highest BCUT2D eigenvalue weighted by atomic mass is 35.5. The minimum absolute atomic E-state index is 0.140. The van der Waals surface area contributed by atoms with Gasteiger partial charge >= 0.3 is 0 Å². The molecule has 1 aromatic carbocycles. The first-order valence-electron chi connectivity index (χ1n) is 7.29. The van der Waals surface area contributed by atoms with Crippen molar-refractivity contribution in [2.75, 3.05) is 5.32 Å². The number of rotatable bonds is 5. The van der Waals surface area contributed by atoms with E-state index in [0.29, 0.717) is 5.16 Å². The first-order chi connectivity index (χ1) is 12.0. The third-order valence-corrected chi connectivity index (χ3v) is 4.88. The van der Waals surface area contributed by atoms with Gasteiger partial charge in [0.05, 0.1) is 32.6 Å². The Hall–Kier alpha value is -2.58. The van der Waals surface area contributed by atoms with Crippen LogP contribution in [0.3, 0.4) is 0 Å². The first-order valence-corrected chi connectivity index (χ1v) is 8.55. The Bertz CT molecular complexity index is 959. The molecular formula is C16H13ClN4O3S. The predicted octanol–water partition coefficient (Wildman–Crippen LogP) is 4.02. The van der Waals surface area contributed by atoms with Gasteiger partial charge in [-0.1, -0.05) is 29.4 Å². The van der Waals surface area contributed by atoms with Gasteiger partial charge in [-0.2, -0.15) is 0 Å². The van der Waals surface area contributed by atoms with Crippen molar-refractivity contribution in [3.63, 3.8) is 0 Å². The second-order valence-corrected chi connectivity index (χ2v) is 6.92. The molecule has 9 heteroatoms. The van der Waals surface area contributed by atoms with E-state index in [1.54, 1.807) is 13.1 Å². The first kappa shape index (κ1) is 17.2. The van der Waals surface area contributed by atoms with Gasteiger partial charge in [0, 0.05) is 18.3 Å². The van der Waals surface area contributed by atoms with Crippen molar-refractivity contribution in [3.05, 3.63) is 63.9 Å². The lowest BCUT2D eigenvalue weighted by Gasteiger charge is -2.12. The number of nitro groups is 1. The van der Waals surface area contributed by atoms with Crippen LogP contribution in [0.15, 0.2) is 53.9 Å². The smallest absolute Gasteiger partial charge is 0.271 e. The van der Waals surface area contributed by atoms with Gasteiger partial charge in [0.15, 0.2) is 5.16 Å². The number of non-ortho nitro benzene ring substituents is 1. The van der Waals surface area contributed by atoms with Crippen molar-refractivity contribution < 1.29 is 9.72 Å². The van der Waals surface area contributed by atoms with Crippen LogP contribution in [0.5, 0.6) is 0 Å². The number of hydrogen-bond donors (Lipinski definition) is 1. The molecule has 3 aromatic rings. The zero-order valence-electron chi connectivity index (χ0n) is 13.0. The van der Waals surface area contributed by atoms with Gasteiger partial charge in [-0.15, -0.1) is 0 Å². The van der Waals surface area contributed by atoms with E-state index in [-0.39, 0.29) is 22.3 Å². The number of imidazole rings is 1. The second-order valence-electron chi connectivity index (χ2n) is 5.21. The highest BCUT2D eigenvalue weighted by Gasteiger charge is 2.19. The number of pyridine rings is 1. The maximum atomic E-state index is 12.4. The fourth-order valence-electron chi connectivity index (χ4n) is 2.18. The number of carbonyl (C=O) groups is 1. The Kier molecular flexibility index (Phi) is 4.91. The molecule has 1 atom stereocenters. The topological polar surface area (TPSA) is 89.5 Å². The number of benzene rings is 1. The zero-order chi connectivity index (χ0) is 18.0. The van der Waals surface area contributed by atoms with Crippen molar-refractivity contribution >= 4 is 46.2 Å². The van der Waals surface area contributed by atoms with Crippen LogP contribution < -0.4 is 5.32 Å². The zero-order valence-corrected chi connectivity index (χ0v) is 14.6. The molecule has 25 heavy (non-hydrogen) atoms. The Morgan fingerprint density at radius 3 is 2.96 bits per heavy atom. The molecule has 3 rings (SSSR count). The number of aromatic nitrogens is 2. The van der Waals surface area contributed by atoms with Crippen LogP contribution in [0.25, 0.3) is 5.52 Å². The van der Waals surface area contributed by atoms with Crippen LogP contribution in [0.1, 0.15) is 6.92 Å². The molecule has 1 N–H and O–H groups in total. The van der Waals surface area contributed by atoms with Crippen molar-refractivity contribution in [2.45, 2.75) is 17.3 Å². The summed E-state index contributed by atoms with van der Waals surface area (Å²) in [4.78, 5) is 27.0. The SMILES string of the molecule is CC(Sc1ncc2ccccn12)C(=O)Nc1cc([N+](=O)[O-])ccc1Cl. The minimum atomic E-state index is -0.541. The maximum Gasteiger partial charge on any atom is 0.271 e. The van der Waals surface area contributed by atoms with Crippen molar-refractivity contribution in [2.24, 2.45) is 0 Å². The number of nitrogens with zero attached hydrogens (tertiary/aromatic N) is 3. The Balaban J connectivity index is 1.75. The molecule has 0 saturated carbocycles. The summed E-state index contributed by atoms with van der Waals surface area (Å²) >= 11 is 7.30. The summed E-state index contributed by atoms with van der Waals surface area (Å²) in [6, 6.07) is 9.62. The van der Waals surface area contributed by atoms with E-state index in [4.69, 9.17) is 11.6 Å². The summed E-state index contributed by atoms with van der Waals surface area (Å²) in [5.41, 5.74) is 1.000. The Morgan fingerprint density at radius 2 is 2.20 bits per heavy atom. The summed E-state index contributed by atoms with van der Waals surface area (Å²) in [5.74, 6) is -0.319. The maximum absolute atomic E-state index is 12.4. The number of carbonyl (C=O) groups excluding carboxylic acids is 1. The van der Waals surface area contributed by atoms with Gasteiger partial charge in [-0.05, 0) is 25.1 Å². The average Bonchev–Trinajstić information content (AvgIpc) is 2.99. The molecule has 0 spiro atoms. The Morgan fingerprint density at radius 1 is 1.40 bits per heavy atom.